The molecule has 0 aliphatic rings. The van der Waals surface area contributed by atoms with Gasteiger partial charge in [-0.3, -0.25) is 0 Å². The highest BCUT2D eigenvalue weighted by Crippen LogP contribution is 2.25. The van der Waals surface area contributed by atoms with Crippen molar-refractivity contribution in [3.63, 3.8) is 0 Å². The summed E-state index contributed by atoms with van der Waals surface area (Å²) in [5.41, 5.74) is 1.82. The minimum Gasteiger partial charge on any atom is -0.493 e. The first-order chi connectivity index (χ1) is 5.66. The van der Waals surface area contributed by atoms with Crippen molar-refractivity contribution >= 4 is 6.08 Å². The van der Waals surface area contributed by atoms with Crippen molar-refractivity contribution in [3.8, 4) is 5.88 Å². The lowest BCUT2D eigenvalue weighted by atomic mass is 9.99. The van der Waals surface area contributed by atoms with Crippen LogP contribution in [-0.4, -0.2) is 10.1 Å². The summed E-state index contributed by atoms with van der Waals surface area (Å²) >= 11 is 0. The van der Waals surface area contributed by atoms with Crippen molar-refractivity contribution in [3.05, 3.63) is 30.0 Å². The molecule has 1 aromatic rings. The predicted molar refractivity (Wildman–Crippen MR) is 50.1 cm³/mol. The molecule has 0 saturated carbocycles. The van der Waals surface area contributed by atoms with Crippen molar-refractivity contribution in [1.29, 1.82) is 0 Å². The Morgan fingerprint density at radius 3 is 2.67 bits per heavy atom. The maximum atomic E-state index is 9.36. The van der Waals surface area contributed by atoms with Gasteiger partial charge in [0.05, 0.1) is 0 Å². The number of aromatic hydroxyl groups is 1. The first kappa shape index (κ1) is 8.78. The number of nitrogens with zero attached hydrogens (tertiary/aromatic N) is 1. The summed E-state index contributed by atoms with van der Waals surface area (Å²) in [6, 6.07) is 1.90. The molecule has 12 heavy (non-hydrogen) atoms. The first-order valence-corrected chi connectivity index (χ1v) is 3.97. The molecule has 0 bridgehead atoms. The van der Waals surface area contributed by atoms with Crippen molar-refractivity contribution in [2.75, 3.05) is 0 Å². The Kier molecular flexibility index (Phi) is 2.48. The van der Waals surface area contributed by atoms with Gasteiger partial charge in [0, 0.05) is 11.8 Å². The Labute approximate surface area is 72.6 Å². The molecule has 0 aromatic carbocycles. The Balaban J connectivity index is 3.27. The van der Waals surface area contributed by atoms with Crippen LogP contribution in [0, 0.1) is 0 Å². The first-order valence-electron chi connectivity index (χ1n) is 3.97. The lowest BCUT2D eigenvalue weighted by molar-refractivity contribution is 0.450. The second kappa shape index (κ2) is 3.39. The van der Waals surface area contributed by atoms with Crippen LogP contribution in [0.4, 0.5) is 0 Å². The number of hydrogen-bond acceptors (Lipinski definition) is 2. The highest BCUT2D eigenvalue weighted by molar-refractivity contribution is 5.57. The van der Waals surface area contributed by atoms with Gasteiger partial charge in [0.25, 0.3) is 0 Å². The molecular formula is C10H13NO. The van der Waals surface area contributed by atoms with Crippen LogP contribution < -0.4 is 0 Å². The lowest BCUT2D eigenvalue weighted by Crippen LogP contribution is -1.93. The van der Waals surface area contributed by atoms with Gasteiger partial charge in [-0.2, -0.15) is 0 Å². The Bertz CT molecular complexity index is 292. The van der Waals surface area contributed by atoms with Crippen LogP contribution >= 0.6 is 0 Å². The third-order valence-electron chi connectivity index (χ3n) is 1.83. The fourth-order valence-electron chi connectivity index (χ4n) is 1.19. The number of aromatic nitrogens is 1. The number of rotatable bonds is 2. The molecule has 0 fully saturated rings. The van der Waals surface area contributed by atoms with E-state index in [0.29, 0.717) is 5.92 Å². The molecule has 1 N–H and O–H groups in total. The van der Waals surface area contributed by atoms with Gasteiger partial charge < -0.3 is 5.11 Å². The molecule has 0 atom stereocenters. The van der Waals surface area contributed by atoms with Gasteiger partial charge in [-0.05, 0) is 17.5 Å². The van der Waals surface area contributed by atoms with Crippen LogP contribution in [0.1, 0.15) is 30.9 Å². The highest BCUT2D eigenvalue weighted by atomic mass is 16.3. The maximum Gasteiger partial charge on any atom is 0.218 e. The fraction of sp³-hybridized carbons (Fsp3) is 0.300. The smallest absolute Gasteiger partial charge is 0.218 e. The van der Waals surface area contributed by atoms with E-state index >= 15 is 0 Å². The molecular weight excluding hydrogens is 150 g/mol. The van der Waals surface area contributed by atoms with E-state index in [0.717, 1.165) is 11.1 Å². The second-order valence-electron chi connectivity index (χ2n) is 3.00. The molecule has 0 radical (unpaired) electrons. The SMILES string of the molecule is C=Cc1c(C(C)C)ccnc1O. The molecule has 1 aromatic heterocycles. The van der Waals surface area contributed by atoms with Gasteiger partial charge in [0.15, 0.2) is 0 Å². The van der Waals surface area contributed by atoms with E-state index in [4.69, 9.17) is 0 Å². The average Bonchev–Trinajstić information content (AvgIpc) is 2.03. The molecule has 0 unspecified atom stereocenters. The van der Waals surface area contributed by atoms with E-state index < -0.39 is 0 Å². The summed E-state index contributed by atoms with van der Waals surface area (Å²) < 4.78 is 0. The summed E-state index contributed by atoms with van der Waals surface area (Å²) in [6.45, 7) is 7.78. The van der Waals surface area contributed by atoms with Gasteiger partial charge in [-0.15, -0.1) is 0 Å². The van der Waals surface area contributed by atoms with Crippen LogP contribution in [0.5, 0.6) is 5.88 Å². The molecule has 0 aliphatic heterocycles. The summed E-state index contributed by atoms with van der Waals surface area (Å²) in [5.74, 6) is 0.447. The van der Waals surface area contributed by atoms with Crippen LogP contribution in [-0.2, 0) is 0 Å². The van der Waals surface area contributed by atoms with E-state index in [1.807, 2.05) is 6.07 Å². The van der Waals surface area contributed by atoms with Crippen LogP contribution in [0.2, 0.25) is 0 Å². The summed E-state index contributed by atoms with van der Waals surface area (Å²) in [7, 11) is 0. The van der Waals surface area contributed by atoms with Crippen LogP contribution in [0.25, 0.3) is 6.08 Å². The van der Waals surface area contributed by atoms with Crippen molar-refractivity contribution < 1.29 is 5.11 Å². The van der Waals surface area contributed by atoms with E-state index in [1.165, 1.54) is 0 Å². The Morgan fingerprint density at radius 1 is 1.58 bits per heavy atom. The Morgan fingerprint density at radius 2 is 2.25 bits per heavy atom. The van der Waals surface area contributed by atoms with Gasteiger partial charge >= 0.3 is 0 Å². The molecule has 2 heteroatoms. The fourth-order valence-corrected chi connectivity index (χ4v) is 1.19. The highest BCUT2D eigenvalue weighted by Gasteiger charge is 2.07. The topological polar surface area (TPSA) is 33.1 Å². The van der Waals surface area contributed by atoms with Crippen molar-refractivity contribution in [2.45, 2.75) is 19.8 Å². The van der Waals surface area contributed by atoms with Gasteiger partial charge in [-0.1, -0.05) is 26.5 Å². The molecule has 0 aliphatic carbocycles. The standard InChI is InChI=1S/C10H13NO/c1-4-8-9(7(2)3)5-6-11-10(8)12/h4-7H,1H2,2-3H3,(H,11,12). The largest absolute Gasteiger partial charge is 0.493 e. The molecule has 0 amide bonds. The maximum absolute atomic E-state index is 9.36. The quantitative estimate of drug-likeness (QED) is 0.726. The second-order valence-corrected chi connectivity index (χ2v) is 3.00. The van der Waals surface area contributed by atoms with Crippen molar-refractivity contribution in [2.24, 2.45) is 0 Å². The van der Waals surface area contributed by atoms with Gasteiger partial charge in [0.2, 0.25) is 5.88 Å². The monoisotopic (exact) mass is 163 g/mol. The molecule has 2 nitrogen and oxygen atoms in total. The van der Waals surface area contributed by atoms with Crippen molar-refractivity contribution in [1.82, 2.24) is 4.98 Å². The minimum atomic E-state index is 0.0659. The van der Waals surface area contributed by atoms with Gasteiger partial charge in [-0.25, -0.2) is 4.98 Å². The van der Waals surface area contributed by atoms with E-state index in [-0.39, 0.29) is 5.88 Å². The van der Waals surface area contributed by atoms with E-state index in [1.54, 1.807) is 12.3 Å². The zero-order chi connectivity index (χ0) is 9.14. The third-order valence-corrected chi connectivity index (χ3v) is 1.83. The van der Waals surface area contributed by atoms with Gasteiger partial charge in [0.1, 0.15) is 0 Å². The predicted octanol–water partition coefficient (Wildman–Crippen LogP) is 2.55. The Hall–Kier alpha value is -1.31. The van der Waals surface area contributed by atoms with E-state index in [9.17, 15) is 5.11 Å². The molecule has 1 rings (SSSR count). The van der Waals surface area contributed by atoms with E-state index in [2.05, 4.69) is 25.4 Å². The molecule has 0 spiro atoms. The molecule has 1 heterocycles. The average molecular weight is 163 g/mol. The molecule has 64 valence electrons. The summed E-state index contributed by atoms with van der Waals surface area (Å²) in [6.07, 6.45) is 3.25. The summed E-state index contributed by atoms with van der Waals surface area (Å²) in [5, 5.41) is 9.36. The molecule has 0 saturated heterocycles. The van der Waals surface area contributed by atoms with Crippen LogP contribution in [0.3, 0.4) is 0 Å². The minimum absolute atomic E-state index is 0.0659. The third kappa shape index (κ3) is 1.47. The normalized spacial score (nSPS) is 10.2. The summed E-state index contributed by atoms with van der Waals surface area (Å²) in [4.78, 5) is 3.78. The number of hydrogen-bond donors (Lipinski definition) is 1. The van der Waals surface area contributed by atoms with Crippen LogP contribution in [0.15, 0.2) is 18.8 Å². The lowest BCUT2D eigenvalue weighted by Gasteiger charge is -2.09. The number of pyridine rings is 1. The zero-order valence-corrected chi connectivity index (χ0v) is 7.41. The zero-order valence-electron chi connectivity index (χ0n) is 7.41.